The van der Waals surface area contributed by atoms with Crippen LogP contribution in [0.1, 0.15) is 5.56 Å². The molecule has 1 aromatic carbocycles. The number of rotatable bonds is 5. The Bertz CT molecular complexity index is 712. The van der Waals surface area contributed by atoms with E-state index < -0.39 is 73.8 Å². The lowest BCUT2D eigenvalue weighted by molar-refractivity contribution is -0.351. The molecular formula is C19H26O11. The monoisotopic (exact) mass is 430 g/mol. The second kappa shape index (κ2) is 9.66. The van der Waals surface area contributed by atoms with Crippen LogP contribution < -0.4 is 0 Å². The predicted octanol–water partition coefficient (Wildman–Crippen LogP) is -2.79. The van der Waals surface area contributed by atoms with Crippen molar-refractivity contribution in [3.05, 3.63) is 41.7 Å². The first kappa shape index (κ1) is 23.0. The summed E-state index contributed by atoms with van der Waals surface area (Å²) in [6.07, 6.45) is -15.2. The Morgan fingerprint density at radius 2 is 1.53 bits per heavy atom. The second-order valence-electron chi connectivity index (χ2n) is 7.21. The number of benzene rings is 1. The maximum absolute atomic E-state index is 10.4. The molecule has 1 aromatic rings. The standard InChI is InChI=1S/C19H26O11/c20-7-10-17(13(24)14(25)18(27)28-10)30-19-15(26)11(22)12(23)16(29-19)9(21)6-8-4-2-1-3-5-8/h1-6,10-27H,7H2/t10-,11+,12-,13-,14-,15-,16-,17-,18?,19+/m1/s1. The molecule has 0 radical (unpaired) electrons. The van der Waals surface area contributed by atoms with Crippen molar-refractivity contribution < 1.29 is 55.1 Å². The molecule has 11 nitrogen and oxygen atoms in total. The van der Waals surface area contributed by atoms with Crippen molar-refractivity contribution in [1.29, 1.82) is 0 Å². The Kier molecular flexibility index (Phi) is 7.42. The third kappa shape index (κ3) is 4.65. The SMILES string of the molecule is OC[C@H]1OC(O)[C@H](O)[C@@H](O)[C@@H]1O[C@@H]1O[C@H](C(O)=Cc2ccccc2)[C@H](O)[C@H](O)[C@H]1O. The molecule has 0 amide bonds. The molecular weight excluding hydrogens is 404 g/mol. The van der Waals surface area contributed by atoms with Crippen molar-refractivity contribution >= 4 is 6.08 Å². The molecule has 0 saturated carbocycles. The van der Waals surface area contributed by atoms with E-state index in [1.165, 1.54) is 6.08 Å². The first-order valence-electron chi connectivity index (χ1n) is 9.35. The second-order valence-corrected chi connectivity index (χ2v) is 7.21. The van der Waals surface area contributed by atoms with Crippen LogP contribution in [0.3, 0.4) is 0 Å². The van der Waals surface area contributed by atoms with Gasteiger partial charge in [-0.15, -0.1) is 0 Å². The number of hydrogen-bond donors (Lipinski definition) is 8. The van der Waals surface area contributed by atoms with Gasteiger partial charge in [-0.1, -0.05) is 30.3 Å². The highest BCUT2D eigenvalue weighted by Crippen LogP contribution is 2.30. The zero-order chi connectivity index (χ0) is 22.0. The average molecular weight is 430 g/mol. The molecule has 1 unspecified atom stereocenters. The molecule has 11 heteroatoms. The van der Waals surface area contributed by atoms with Crippen LogP contribution in [0.15, 0.2) is 36.1 Å². The fourth-order valence-corrected chi connectivity index (χ4v) is 3.40. The van der Waals surface area contributed by atoms with Gasteiger partial charge in [-0.3, -0.25) is 0 Å². The van der Waals surface area contributed by atoms with Crippen LogP contribution in [0.5, 0.6) is 0 Å². The molecule has 2 saturated heterocycles. The molecule has 2 aliphatic rings. The molecule has 3 rings (SSSR count). The summed E-state index contributed by atoms with van der Waals surface area (Å²) < 4.78 is 15.8. The van der Waals surface area contributed by atoms with E-state index in [4.69, 9.17) is 14.2 Å². The van der Waals surface area contributed by atoms with Gasteiger partial charge in [0.1, 0.15) is 54.6 Å². The molecule has 2 fully saturated rings. The van der Waals surface area contributed by atoms with Gasteiger partial charge in [-0.05, 0) is 11.6 Å². The van der Waals surface area contributed by atoms with Crippen LogP contribution >= 0.6 is 0 Å². The van der Waals surface area contributed by atoms with Gasteiger partial charge in [-0.2, -0.15) is 0 Å². The lowest BCUT2D eigenvalue weighted by atomic mass is 9.95. The Morgan fingerprint density at radius 3 is 2.17 bits per heavy atom. The zero-order valence-corrected chi connectivity index (χ0v) is 15.7. The van der Waals surface area contributed by atoms with Gasteiger partial charge >= 0.3 is 0 Å². The van der Waals surface area contributed by atoms with Gasteiger partial charge in [0.25, 0.3) is 0 Å². The van der Waals surface area contributed by atoms with Crippen LogP contribution in [0.25, 0.3) is 6.08 Å². The summed E-state index contributed by atoms with van der Waals surface area (Å²) in [7, 11) is 0. The molecule has 2 aliphatic heterocycles. The van der Waals surface area contributed by atoms with E-state index in [0.717, 1.165) is 0 Å². The van der Waals surface area contributed by atoms with E-state index in [1.807, 2.05) is 0 Å². The van der Waals surface area contributed by atoms with Crippen molar-refractivity contribution in [2.45, 2.75) is 61.4 Å². The number of aliphatic hydroxyl groups excluding tert-OH is 8. The number of aliphatic hydroxyl groups is 8. The Labute approximate surface area is 171 Å². The van der Waals surface area contributed by atoms with Gasteiger partial charge < -0.3 is 55.1 Å². The van der Waals surface area contributed by atoms with Gasteiger partial charge in [0.15, 0.2) is 12.6 Å². The van der Waals surface area contributed by atoms with Crippen molar-refractivity contribution in [3.63, 3.8) is 0 Å². The van der Waals surface area contributed by atoms with E-state index in [2.05, 4.69) is 0 Å². The van der Waals surface area contributed by atoms with E-state index in [9.17, 15) is 40.9 Å². The van der Waals surface area contributed by atoms with Crippen LogP contribution in [0, 0.1) is 0 Å². The van der Waals surface area contributed by atoms with Crippen molar-refractivity contribution in [3.8, 4) is 0 Å². The van der Waals surface area contributed by atoms with Gasteiger partial charge in [0, 0.05) is 0 Å². The highest BCUT2D eigenvalue weighted by atomic mass is 16.7. The number of ether oxygens (including phenoxy) is 3. The third-order valence-corrected chi connectivity index (χ3v) is 5.11. The minimum Gasteiger partial charge on any atom is -0.509 e. The third-order valence-electron chi connectivity index (χ3n) is 5.11. The highest BCUT2D eigenvalue weighted by molar-refractivity contribution is 5.51. The van der Waals surface area contributed by atoms with Gasteiger partial charge in [0.05, 0.1) is 6.61 Å². The molecule has 8 N–H and O–H groups in total. The van der Waals surface area contributed by atoms with Crippen molar-refractivity contribution in [2.75, 3.05) is 6.61 Å². The Morgan fingerprint density at radius 1 is 0.867 bits per heavy atom. The Hall–Kier alpha value is -1.64. The molecule has 0 aliphatic carbocycles. The molecule has 0 aromatic heterocycles. The van der Waals surface area contributed by atoms with E-state index in [1.54, 1.807) is 30.3 Å². The normalized spacial score (nSPS) is 42.8. The minimum atomic E-state index is -1.80. The maximum atomic E-state index is 10.4. The molecule has 0 bridgehead atoms. The summed E-state index contributed by atoms with van der Waals surface area (Å²) in [5, 5.41) is 80.0. The van der Waals surface area contributed by atoms with Crippen LogP contribution in [0.4, 0.5) is 0 Å². The molecule has 10 atom stereocenters. The lowest BCUT2D eigenvalue weighted by Crippen LogP contribution is -2.64. The molecule has 0 spiro atoms. The predicted molar refractivity (Wildman–Crippen MR) is 98.6 cm³/mol. The smallest absolute Gasteiger partial charge is 0.187 e. The molecule has 30 heavy (non-hydrogen) atoms. The fourth-order valence-electron chi connectivity index (χ4n) is 3.40. The van der Waals surface area contributed by atoms with Crippen LogP contribution in [-0.4, -0.2) is 109 Å². The van der Waals surface area contributed by atoms with Gasteiger partial charge in [0.2, 0.25) is 0 Å². The first-order chi connectivity index (χ1) is 14.2. The van der Waals surface area contributed by atoms with Crippen LogP contribution in [0.2, 0.25) is 0 Å². The maximum Gasteiger partial charge on any atom is 0.187 e. The van der Waals surface area contributed by atoms with E-state index in [0.29, 0.717) is 5.56 Å². The van der Waals surface area contributed by atoms with E-state index >= 15 is 0 Å². The summed E-state index contributed by atoms with van der Waals surface area (Å²) in [5.74, 6) is -0.456. The van der Waals surface area contributed by atoms with Crippen molar-refractivity contribution in [1.82, 2.24) is 0 Å². The fraction of sp³-hybridized carbons (Fsp3) is 0.579. The molecule has 2 heterocycles. The average Bonchev–Trinajstić information content (AvgIpc) is 2.74. The quantitative estimate of drug-likeness (QED) is 0.225. The van der Waals surface area contributed by atoms with E-state index in [-0.39, 0.29) is 0 Å². The first-order valence-corrected chi connectivity index (χ1v) is 9.35. The zero-order valence-electron chi connectivity index (χ0n) is 15.7. The largest absolute Gasteiger partial charge is 0.509 e. The summed E-state index contributed by atoms with van der Waals surface area (Å²) in [6.45, 7) is -0.706. The van der Waals surface area contributed by atoms with Crippen molar-refractivity contribution in [2.24, 2.45) is 0 Å². The summed E-state index contributed by atoms with van der Waals surface area (Å²) in [6, 6.07) is 8.57. The van der Waals surface area contributed by atoms with Gasteiger partial charge in [-0.25, -0.2) is 0 Å². The Balaban J connectivity index is 1.79. The lowest BCUT2D eigenvalue weighted by Gasteiger charge is -2.45. The minimum absolute atomic E-state index is 0.456. The summed E-state index contributed by atoms with van der Waals surface area (Å²) >= 11 is 0. The summed E-state index contributed by atoms with van der Waals surface area (Å²) in [4.78, 5) is 0. The number of hydrogen-bond acceptors (Lipinski definition) is 11. The topological polar surface area (TPSA) is 190 Å². The molecule has 168 valence electrons. The highest BCUT2D eigenvalue weighted by Gasteiger charge is 2.50. The van der Waals surface area contributed by atoms with Crippen LogP contribution in [-0.2, 0) is 14.2 Å². The summed E-state index contributed by atoms with van der Waals surface area (Å²) in [5.41, 5.74) is 0.581.